The molecule has 1 rings (SSSR count). The normalized spacial score (nSPS) is 29.6. The molecular weight excluding hydrogens is 249 g/mol. The van der Waals surface area contributed by atoms with Gasteiger partial charge >= 0.3 is 12.3 Å². The Labute approximate surface area is 104 Å². The van der Waals surface area contributed by atoms with Gasteiger partial charge in [0.05, 0.1) is 5.41 Å². The summed E-state index contributed by atoms with van der Waals surface area (Å²) in [5.41, 5.74) is 2.70. The van der Waals surface area contributed by atoms with Crippen LogP contribution in [0.2, 0.25) is 0 Å². The second-order valence-corrected chi connectivity index (χ2v) is 5.88. The molecule has 1 saturated heterocycles. The van der Waals surface area contributed by atoms with Gasteiger partial charge in [-0.15, -0.1) is 0 Å². The third-order valence-electron chi connectivity index (χ3n) is 3.05. The molecule has 0 saturated carbocycles. The number of nitrogens with zero attached hydrogens (tertiary/aromatic N) is 1. The van der Waals surface area contributed by atoms with Crippen molar-refractivity contribution in [2.75, 3.05) is 13.1 Å². The molecule has 0 aromatic heterocycles. The van der Waals surface area contributed by atoms with Crippen molar-refractivity contribution in [3.8, 4) is 0 Å². The number of rotatable bonds is 0. The summed E-state index contributed by atoms with van der Waals surface area (Å²) in [7, 11) is 0. The summed E-state index contributed by atoms with van der Waals surface area (Å²) in [4.78, 5) is 12.7. The fourth-order valence-electron chi connectivity index (χ4n) is 1.78. The number of hydrogen-bond acceptors (Lipinski definition) is 3. The van der Waals surface area contributed by atoms with E-state index in [4.69, 9.17) is 10.5 Å². The first-order chi connectivity index (χ1) is 7.87. The van der Waals surface area contributed by atoms with Crippen LogP contribution in [0.5, 0.6) is 0 Å². The molecule has 1 aliphatic rings. The number of nitrogens with two attached hydrogens (primary N) is 1. The maximum atomic E-state index is 12.9. The van der Waals surface area contributed by atoms with E-state index in [-0.39, 0.29) is 6.54 Å². The van der Waals surface area contributed by atoms with Gasteiger partial charge < -0.3 is 15.4 Å². The Morgan fingerprint density at radius 3 is 2.22 bits per heavy atom. The van der Waals surface area contributed by atoms with Crippen molar-refractivity contribution in [1.29, 1.82) is 0 Å². The molecule has 0 aromatic rings. The van der Waals surface area contributed by atoms with Gasteiger partial charge in [0, 0.05) is 19.1 Å². The topological polar surface area (TPSA) is 55.6 Å². The smallest absolute Gasteiger partial charge is 0.410 e. The fourth-order valence-corrected chi connectivity index (χ4v) is 1.78. The van der Waals surface area contributed by atoms with E-state index in [9.17, 15) is 18.0 Å². The van der Waals surface area contributed by atoms with E-state index in [1.807, 2.05) is 0 Å². The molecule has 0 aliphatic carbocycles. The number of carbonyl (C=O) groups excluding carboxylic acids is 1. The molecule has 0 radical (unpaired) electrons. The molecule has 0 bridgehead atoms. The van der Waals surface area contributed by atoms with Gasteiger partial charge in [0.2, 0.25) is 0 Å². The van der Waals surface area contributed by atoms with Gasteiger partial charge in [-0.1, -0.05) is 0 Å². The maximum Gasteiger partial charge on any atom is 0.410 e. The SMILES string of the molecule is CC(C)(C)OC(=O)N1C[C@@H](N)[C@](C)(C(F)(F)F)C1. The van der Waals surface area contributed by atoms with Crippen molar-refractivity contribution >= 4 is 6.09 Å². The minimum absolute atomic E-state index is 0.148. The van der Waals surface area contributed by atoms with Crippen LogP contribution in [-0.4, -0.2) is 41.9 Å². The van der Waals surface area contributed by atoms with E-state index >= 15 is 0 Å². The predicted molar refractivity (Wildman–Crippen MR) is 59.9 cm³/mol. The molecule has 1 heterocycles. The summed E-state index contributed by atoms with van der Waals surface area (Å²) in [6.45, 7) is 5.39. The molecule has 2 N–H and O–H groups in total. The van der Waals surface area contributed by atoms with E-state index in [0.717, 1.165) is 11.8 Å². The van der Waals surface area contributed by atoms with E-state index in [2.05, 4.69) is 0 Å². The second-order valence-electron chi connectivity index (χ2n) is 5.88. The monoisotopic (exact) mass is 268 g/mol. The Bertz CT molecular complexity index is 338. The maximum absolute atomic E-state index is 12.9. The van der Waals surface area contributed by atoms with Crippen molar-refractivity contribution < 1.29 is 22.7 Å². The zero-order chi connectivity index (χ0) is 14.4. The molecule has 4 nitrogen and oxygen atoms in total. The van der Waals surface area contributed by atoms with Crippen molar-refractivity contribution in [2.24, 2.45) is 11.1 Å². The molecule has 106 valence electrons. The number of amides is 1. The number of carbonyl (C=O) groups is 1. The number of ether oxygens (including phenoxy) is 1. The minimum Gasteiger partial charge on any atom is -0.444 e. The standard InChI is InChI=1S/C11H19F3N2O2/c1-9(2,3)18-8(17)16-5-7(15)10(4,6-16)11(12,13)14/h7H,5-6,15H2,1-4H3/t7-,10-/m1/s1. The quantitative estimate of drug-likeness (QED) is 0.732. The number of hydrogen-bond donors (Lipinski definition) is 1. The highest BCUT2D eigenvalue weighted by molar-refractivity contribution is 5.68. The van der Waals surface area contributed by atoms with Crippen molar-refractivity contribution in [1.82, 2.24) is 4.90 Å². The lowest BCUT2D eigenvalue weighted by Crippen LogP contribution is -2.49. The first-order valence-electron chi connectivity index (χ1n) is 5.67. The summed E-state index contributed by atoms with van der Waals surface area (Å²) in [6, 6.07) is -1.13. The molecule has 2 atom stereocenters. The van der Waals surface area contributed by atoms with Crippen LogP contribution in [0.3, 0.4) is 0 Å². The van der Waals surface area contributed by atoms with Crippen LogP contribution in [0.4, 0.5) is 18.0 Å². The zero-order valence-corrected chi connectivity index (χ0v) is 11.0. The van der Waals surface area contributed by atoms with Gasteiger partial charge in [-0.2, -0.15) is 13.2 Å². The summed E-state index contributed by atoms with van der Waals surface area (Å²) in [5, 5.41) is 0. The van der Waals surface area contributed by atoms with Crippen molar-refractivity contribution in [3.05, 3.63) is 0 Å². The highest BCUT2D eigenvalue weighted by atomic mass is 19.4. The van der Waals surface area contributed by atoms with E-state index in [1.165, 1.54) is 0 Å². The van der Waals surface area contributed by atoms with Crippen LogP contribution < -0.4 is 5.73 Å². The van der Waals surface area contributed by atoms with Gasteiger partial charge in [-0.05, 0) is 27.7 Å². The lowest BCUT2D eigenvalue weighted by Gasteiger charge is -2.30. The molecular formula is C11H19F3N2O2. The van der Waals surface area contributed by atoms with E-state index in [1.54, 1.807) is 20.8 Å². The average molecular weight is 268 g/mol. The Kier molecular flexibility index (Phi) is 3.60. The van der Waals surface area contributed by atoms with E-state index in [0.29, 0.717) is 0 Å². The third-order valence-corrected chi connectivity index (χ3v) is 3.05. The highest BCUT2D eigenvalue weighted by Gasteiger charge is 2.60. The van der Waals surface area contributed by atoms with Crippen LogP contribution >= 0.6 is 0 Å². The average Bonchev–Trinajstić information content (AvgIpc) is 2.40. The molecule has 18 heavy (non-hydrogen) atoms. The molecule has 0 spiro atoms. The first kappa shape index (κ1) is 15.1. The lowest BCUT2D eigenvalue weighted by atomic mass is 9.85. The van der Waals surface area contributed by atoms with Gasteiger partial charge in [0.15, 0.2) is 0 Å². The molecule has 1 amide bonds. The Balaban J connectivity index is 2.79. The molecule has 1 fully saturated rings. The molecule has 0 aromatic carbocycles. The number of likely N-dealkylation sites (tertiary alicyclic amines) is 1. The Morgan fingerprint density at radius 2 is 1.89 bits per heavy atom. The summed E-state index contributed by atoms with van der Waals surface area (Å²) in [6.07, 6.45) is -5.20. The van der Waals surface area contributed by atoms with Crippen LogP contribution in [0.25, 0.3) is 0 Å². The number of alkyl halides is 3. The van der Waals surface area contributed by atoms with Crippen LogP contribution in [-0.2, 0) is 4.74 Å². The Hall–Kier alpha value is -0.980. The summed E-state index contributed by atoms with van der Waals surface area (Å²) in [5.74, 6) is 0. The second kappa shape index (κ2) is 4.29. The number of halogens is 3. The summed E-state index contributed by atoms with van der Waals surface area (Å²) < 4.78 is 43.8. The Morgan fingerprint density at radius 1 is 1.39 bits per heavy atom. The molecule has 7 heteroatoms. The third kappa shape index (κ3) is 2.88. The minimum atomic E-state index is -4.44. The van der Waals surface area contributed by atoms with Crippen LogP contribution in [0.15, 0.2) is 0 Å². The van der Waals surface area contributed by atoms with Crippen LogP contribution in [0, 0.1) is 5.41 Å². The van der Waals surface area contributed by atoms with Crippen molar-refractivity contribution in [3.63, 3.8) is 0 Å². The van der Waals surface area contributed by atoms with Gasteiger partial charge in [-0.3, -0.25) is 0 Å². The largest absolute Gasteiger partial charge is 0.444 e. The van der Waals surface area contributed by atoms with Gasteiger partial charge in [0.1, 0.15) is 5.60 Å². The van der Waals surface area contributed by atoms with Crippen molar-refractivity contribution in [2.45, 2.75) is 45.5 Å². The molecule has 1 aliphatic heterocycles. The predicted octanol–water partition coefficient (Wildman–Crippen LogP) is 2.13. The fraction of sp³-hybridized carbons (Fsp3) is 0.909. The summed E-state index contributed by atoms with van der Waals surface area (Å²) >= 11 is 0. The first-order valence-corrected chi connectivity index (χ1v) is 5.67. The highest BCUT2D eigenvalue weighted by Crippen LogP contribution is 2.44. The zero-order valence-electron chi connectivity index (χ0n) is 11.0. The van der Waals surface area contributed by atoms with Gasteiger partial charge in [-0.25, -0.2) is 4.79 Å². The molecule has 0 unspecified atom stereocenters. The lowest BCUT2D eigenvalue weighted by molar-refractivity contribution is -0.216. The van der Waals surface area contributed by atoms with E-state index < -0.39 is 35.9 Å². The van der Waals surface area contributed by atoms with Gasteiger partial charge in [0.25, 0.3) is 0 Å². The van der Waals surface area contributed by atoms with Crippen LogP contribution in [0.1, 0.15) is 27.7 Å².